The largest absolute Gasteiger partial charge is 0.360 e. The molecule has 0 aromatic heterocycles. The number of likely N-dealkylation sites (N-methyl/N-ethyl adjacent to an activating group) is 1. The second kappa shape index (κ2) is 4.53. The fourth-order valence-electron chi connectivity index (χ4n) is 1.30. The van der Waals surface area contributed by atoms with Crippen molar-refractivity contribution >= 4 is 19.5 Å². The summed E-state index contributed by atoms with van der Waals surface area (Å²) in [6.45, 7) is 3.41. The molecule has 0 aromatic carbocycles. The van der Waals surface area contributed by atoms with E-state index in [0.29, 0.717) is 6.42 Å². The van der Waals surface area contributed by atoms with Gasteiger partial charge in [-0.2, -0.15) is 0 Å². The van der Waals surface area contributed by atoms with Crippen LogP contribution in [0.3, 0.4) is 0 Å². The van der Waals surface area contributed by atoms with Crippen LogP contribution in [0.4, 0.5) is 4.79 Å². The number of carbonyl (C=O) groups is 2. The van der Waals surface area contributed by atoms with Gasteiger partial charge in [-0.05, 0) is 13.3 Å². The summed E-state index contributed by atoms with van der Waals surface area (Å²) in [5.74, 6) is -2.25. The van der Waals surface area contributed by atoms with Crippen LogP contribution in [0.1, 0.15) is 20.3 Å². The molecular formula is C8H15N2O5P. The van der Waals surface area contributed by atoms with Crippen molar-refractivity contribution in [2.45, 2.75) is 32.2 Å². The number of hydrogen-bond acceptors (Lipinski definition) is 4. The first-order valence-electron chi connectivity index (χ1n) is 4.88. The Balaban J connectivity index is 2.87. The second-order valence-corrected chi connectivity index (χ2v) is 5.50. The van der Waals surface area contributed by atoms with Crippen molar-refractivity contribution in [3.8, 4) is 0 Å². The van der Waals surface area contributed by atoms with Crippen LogP contribution in [0, 0.1) is 0 Å². The van der Waals surface area contributed by atoms with Gasteiger partial charge in [0.1, 0.15) is 0 Å². The highest BCUT2D eigenvalue weighted by Gasteiger charge is 2.49. The van der Waals surface area contributed by atoms with Crippen molar-refractivity contribution in [2.24, 2.45) is 0 Å². The molecule has 1 heterocycles. The first-order chi connectivity index (χ1) is 7.29. The van der Waals surface area contributed by atoms with E-state index >= 15 is 0 Å². The van der Waals surface area contributed by atoms with Gasteiger partial charge in [-0.25, -0.2) is 4.79 Å². The van der Waals surface area contributed by atoms with Gasteiger partial charge in [0.2, 0.25) is 5.78 Å². The van der Waals surface area contributed by atoms with E-state index in [9.17, 15) is 19.0 Å². The van der Waals surface area contributed by atoms with E-state index in [1.165, 1.54) is 7.05 Å². The van der Waals surface area contributed by atoms with Crippen LogP contribution < -0.4 is 5.32 Å². The summed E-state index contributed by atoms with van der Waals surface area (Å²) < 4.78 is 16.7. The lowest BCUT2D eigenvalue weighted by Crippen LogP contribution is -2.32. The van der Waals surface area contributed by atoms with E-state index in [1.54, 1.807) is 13.8 Å². The second-order valence-electron chi connectivity index (χ2n) is 3.67. The van der Waals surface area contributed by atoms with E-state index in [0.717, 1.165) is 4.90 Å². The SMILES string of the molecule is CCC(C)OP(=O)(O)C1C(=O)NC(=O)N1C. The van der Waals surface area contributed by atoms with Crippen LogP contribution in [0.25, 0.3) is 0 Å². The zero-order valence-electron chi connectivity index (χ0n) is 9.34. The Morgan fingerprint density at radius 3 is 2.56 bits per heavy atom. The number of rotatable bonds is 4. The molecule has 1 rings (SSSR count). The standard InChI is InChI=1S/C8H15N2O5P/c1-4-5(2)15-16(13,14)7-6(11)9-8(12)10(7)3/h5,7H,4H2,1-3H3,(H,13,14)(H,9,11,12). The quantitative estimate of drug-likeness (QED) is 0.559. The van der Waals surface area contributed by atoms with E-state index in [4.69, 9.17) is 4.52 Å². The fraction of sp³-hybridized carbons (Fsp3) is 0.750. The molecule has 0 aromatic rings. The first kappa shape index (κ1) is 13.2. The smallest absolute Gasteiger partial charge is 0.322 e. The number of hydrogen-bond donors (Lipinski definition) is 2. The number of carbonyl (C=O) groups excluding carboxylic acids is 2. The summed E-state index contributed by atoms with van der Waals surface area (Å²) in [5.41, 5.74) is 0. The minimum Gasteiger partial charge on any atom is -0.322 e. The lowest BCUT2D eigenvalue weighted by atomic mass is 10.3. The Hall–Kier alpha value is -0.910. The third-order valence-corrected chi connectivity index (χ3v) is 4.23. The number of nitrogens with one attached hydrogen (secondary N) is 1. The molecular weight excluding hydrogens is 235 g/mol. The van der Waals surface area contributed by atoms with Crippen molar-refractivity contribution in [3.05, 3.63) is 0 Å². The summed E-state index contributed by atoms with van der Waals surface area (Å²) >= 11 is 0. The van der Waals surface area contributed by atoms with Gasteiger partial charge in [0.15, 0.2) is 0 Å². The Kier molecular flexibility index (Phi) is 3.72. The van der Waals surface area contributed by atoms with E-state index in [1.807, 2.05) is 5.32 Å². The number of urea groups is 1. The van der Waals surface area contributed by atoms with E-state index < -0.39 is 31.4 Å². The van der Waals surface area contributed by atoms with Crippen molar-refractivity contribution in [1.29, 1.82) is 0 Å². The maximum Gasteiger partial charge on any atom is 0.360 e. The van der Waals surface area contributed by atoms with Gasteiger partial charge in [0.05, 0.1) is 6.10 Å². The average Bonchev–Trinajstić information content (AvgIpc) is 2.40. The Morgan fingerprint density at radius 1 is 1.62 bits per heavy atom. The molecule has 1 fully saturated rings. The number of nitrogens with zero attached hydrogens (tertiary/aromatic N) is 1. The Labute approximate surface area is 93.3 Å². The molecule has 1 aliphatic rings. The summed E-state index contributed by atoms with van der Waals surface area (Å²) in [6, 6.07) is -0.697. The molecule has 1 aliphatic heterocycles. The molecule has 0 bridgehead atoms. The first-order valence-corrected chi connectivity index (χ1v) is 6.52. The highest BCUT2D eigenvalue weighted by Crippen LogP contribution is 2.51. The zero-order chi connectivity index (χ0) is 12.5. The molecule has 3 atom stereocenters. The van der Waals surface area contributed by atoms with Gasteiger partial charge >= 0.3 is 13.6 Å². The van der Waals surface area contributed by atoms with Crippen LogP contribution in [0.15, 0.2) is 0 Å². The third kappa shape index (κ3) is 2.42. The normalized spacial score (nSPS) is 26.5. The molecule has 1 saturated heterocycles. The lowest BCUT2D eigenvalue weighted by molar-refractivity contribution is -0.119. The predicted molar refractivity (Wildman–Crippen MR) is 55.8 cm³/mol. The third-order valence-electron chi connectivity index (χ3n) is 2.37. The monoisotopic (exact) mass is 250 g/mol. The number of imide groups is 1. The lowest BCUT2D eigenvalue weighted by Gasteiger charge is -2.23. The van der Waals surface area contributed by atoms with E-state index in [-0.39, 0.29) is 0 Å². The Morgan fingerprint density at radius 2 is 2.19 bits per heavy atom. The van der Waals surface area contributed by atoms with Crippen LogP contribution in [0.2, 0.25) is 0 Å². The van der Waals surface area contributed by atoms with Crippen molar-refractivity contribution < 1.29 is 23.6 Å². The average molecular weight is 250 g/mol. The molecule has 3 unspecified atom stereocenters. The van der Waals surface area contributed by atoms with Crippen molar-refractivity contribution in [1.82, 2.24) is 10.2 Å². The molecule has 2 N–H and O–H groups in total. The summed E-state index contributed by atoms with van der Waals surface area (Å²) in [5, 5.41) is 1.95. The zero-order valence-corrected chi connectivity index (χ0v) is 10.2. The van der Waals surface area contributed by atoms with Gasteiger partial charge in [-0.15, -0.1) is 0 Å². The minimum atomic E-state index is -4.17. The van der Waals surface area contributed by atoms with Crippen molar-refractivity contribution in [2.75, 3.05) is 7.05 Å². The minimum absolute atomic E-state index is 0.451. The summed E-state index contributed by atoms with van der Waals surface area (Å²) in [4.78, 5) is 33.0. The molecule has 0 radical (unpaired) electrons. The fourth-order valence-corrected chi connectivity index (χ4v) is 2.99. The maximum absolute atomic E-state index is 11.8. The molecule has 7 nitrogen and oxygen atoms in total. The molecule has 16 heavy (non-hydrogen) atoms. The van der Waals surface area contributed by atoms with Gasteiger partial charge in [0, 0.05) is 7.05 Å². The molecule has 0 saturated carbocycles. The summed E-state index contributed by atoms with van der Waals surface area (Å²) in [7, 11) is -2.90. The molecule has 8 heteroatoms. The number of amides is 3. The predicted octanol–water partition coefficient (Wildman–Crippen LogP) is 0.495. The van der Waals surface area contributed by atoms with Crippen LogP contribution in [-0.2, 0) is 13.9 Å². The molecule has 0 aliphatic carbocycles. The maximum atomic E-state index is 11.8. The van der Waals surface area contributed by atoms with E-state index in [2.05, 4.69) is 0 Å². The topological polar surface area (TPSA) is 95.9 Å². The van der Waals surface area contributed by atoms with Gasteiger partial charge in [-0.3, -0.25) is 14.7 Å². The summed E-state index contributed by atoms with van der Waals surface area (Å²) in [6.07, 6.45) is 0.0871. The highest BCUT2D eigenvalue weighted by atomic mass is 31.2. The van der Waals surface area contributed by atoms with Gasteiger partial charge < -0.3 is 14.3 Å². The van der Waals surface area contributed by atoms with Gasteiger partial charge in [0.25, 0.3) is 5.91 Å². The van der Waals surface area contributed by atoms with Crippen molar-refractivity contribution in [3.63, 3.8) is 0 Å². The van der Waals surface area contributed by atoms with Crippen LogP contribution >= 0.6 is 7.60 Å². The molecule has 92 valence electrons. The highest BCUT2D eigenvalue weighted by molar-refractivity contribution is 7.54. The van der Waals surface area contributed by atoms with Crippen LogP contribution in [0.5, 0.6) is 0 Å². The van der Waals surface area contributed by atoms with Gasteiger partial charge in [-0.1, -0.05) is 6.92 Å². The van der Waals surface area contributed by atoms with Crippen LogP contribution in [-0.4, -0.2) is 40.7 Å². The molecule has 0 spiro atoms. The molecule has 3 amide bonds. The Bertz CT molecular complexity index is 358.